The van der Waals surface area contributed by atoms with Crippen LogP contribution >= 0.6 is 24.0 Å². The minimum Gasteiger partial charge on any atom is -0.374 e. The predicted octanol–water partition coefficient (Wildman–Crippen LogP) is 0.336. The molecular formula is C11H19N3O2S2. The molecule has 0 aromatic heterocycles. The van der Waals surface area contributed by atoms with Gasteiger partial charge in [-0.2, -0.15) is 0 Å². The number of amides is 2. The third-order valence-corrected chi connectivity index (χ3v) is 4.65. The number of rotatable bonds is 4. The van der Waals surface area contributed by atoms with E-state index >= 15 is 0 Å². The highest BCUT2D eigenvalue weighted by Gasteiger charge is 2.34. The van der Waals surface area contributed by atoms with E-state index in [4.69, 9.17) is 18.0 Å². The number of thioether (sulfide) groups is 1. The first-order valence-corrected chi connectivity index (χ1v) is 7.31. The molecule has 0 radical (unpaired) electrons. The Morgan fingerprint density at radius 3 is 2.83 bits per heavy atom. The van der Waals surface area contributed by atoms with Crippen LogP contribution in [0.1, 0.15) is 19.8 Å². The Labute approximate surface area is 117 Å². The van der Waals surface area contributed by atoms with E-state index in [-0.39, 0.29) is 11.8 Å². The lowest BCUT2D eigenvalue weighted by molar-refractivity contribution is -0.139. The van der Waals surface area contributed by atoms with Gasteiger partial charge in [0.2, 0.25) is 11.8 Å². The molecule has 0 aliphatic carbocycles. The van der Waals surface area contributed by atoms with Gasteiger partial charge in [-0.1, -0.05) is 30.9 Å². The number of carbonyl (C=O) groups is 2. The molecule has 0 aromatic carbocycles. The summed E-state index contributed by atoms with van der Waals surface area (Å²) >= 11 is 6.45. The maximum atomic E-state index is 12.2. The van der Waals surface area contributed by atoms with Gasteiger partial charge in [0, 0.05) is 25.3 Å². The van der Waals surface area contributed by atoms with Crippen LogP contribution in [-0.2, 0) is 9.59 Å². The lowest BCUT2D eigenvalue weighted by Gasteiger charge is -2.25. The summed E-state index contributed by atoms with van der Waals surface area (Å²) in [5, 5.41) is 2.85. The Morgan fingerprint density at radius 2 is 2.28 bits per heavy atom. The van der Waals surface area contributed by atoms with Crippen molar-refractivity contribution >= 4 is 40.1 Å². The highest BCUT2D eigenvalue weighted by Crippen LogP contribution is 2.21. The molecule has 2 amide bonds. The smallest absolute Gasteiger partial charge is 0.240 e. The summed E-state index contributed by atoms with van der Waals surface area (Å²) in [5.41, 5.74) is 5.30. The lowest BCUT2D eigenvalue weighted by Crippen LogP contribution is -2.46. The second-order valence-electron chi connectivity index (χ2n) is 4.34. The number of hydrogen-bond donors (Lipinski definition) is 2. The Balaban J connectivity index is 2.52. The number of likely N-dealkylation sites (tertiary alicyclic amines) is 1. The minimum atomic E-state index is -0.429. The van der Waals surface area contributed by atoms with Crippen molar-refractivity contribution in [1.29, 1.82) is 0 Å². The lowest BCUT2D eigenvalue weighted by atomic mass is 10.1. The first kappa shape index (κ1) is 15.2. The van der Waals surface area contributed by atoms with Crippen LogP contribution < -0.4 is 11.1 Å². The monoisotopic (exact) mass is 289 g/mol. The van der Waals surface area contributed by atoms with E-state index in [1.807, 2.05) is 6.92 Å². The molecule has 1 saturated heterocycles. The molecule has 0 aromatic rings. The van der Waals surface area contributed by atoms with Crippen molar-refractivity contribution in [3.63, 3.8) is 0 Å². The number of thiocarbonyl (C=S) groups is 1. The summed E-state index contributed by atoms with van der Waals surface area (Å²) in [6.07, 6.45) is 1.52. The Morgan fingerprint density at radius 1 is 1.61 bits per heavy atom. The molecule has 102 valence electrons. The zero-order valence-corrected chi connectivity index (χ0v) is 12.3. The maximum absolute atomic E-state index is 12.2. The number of hydrogen-bond acceptors (Lipinski definition) is 4. The van der Waals surface area contributed by atoms with Gasteiger partial charge < -0.3 is 16.0 Å². The van der Waals surface area contributed by atoms with Gasteiger partial charge in [0.25, 0.3) is 0 Å². The van der Waals surface area contributed by atoms with Crippen molar-refractivity contribution < 1.29 is 9.59 Å². The Bertz CT molecular complexity index is 349. The summed E-state index contributed by atoms with van der Waals surface area (Å²) in [6.45, 7) is 2.47. The molecule has 0 saturated carbocycles. The summed E-state index contributed by atoms with van der Waals surface area (Å²) in [6, 6.07) is -0.429. The van der Waals surface area contributed by atoms with E-state index in [9.17, 15) is 9.59 Å². The SMILES string of the molecule is CNC(=S)SCC(C)C(=O)N1CCC[C@H]1C(N)=O. The van der Waals surface area contributed by atoms with E-state index < -0.39 is 11.9 Å². The average molecular weight is 289 g/mol. The number of nitrogens with two attached hydrogens (primary N) is 1. The standard InChI is InChI=1S/C11H19N3O2S2/c1-7(6-18-11(17)13-2)10(16)14-5-3-4-8(14)9(12)15/h7-8H,3-6H2,1-2H3,(H2,12,15)(H,13,17)/t7?,8-/m0/s1. The van der Waals surface area contributed by atoms with Crippen LogP contribution in [0.2, 0.25) is 0 Å². The molecule has 2 atom stereocenters. The molecule has 1 rings (SSSR count). The number of nitrogens with zero attached hydrogens (tertiary/aromatic N) is 1. The number of nitrogens with one attached hydrogen (secondary N) is 1. The zero-order chi connectivity index (χ0) is 13.7. The zero-order valence-electron chi connectivity index (χ0n) is 10.6. The molecule has 1 aliphatic rings. The van der Waals surface area contributed by atoms with Gasteiger partial charge in [0.15, 0.2) is 0 Å². The number of carbonyl (C=O) groups excluding carboxylic acids is 2. The molecule has 1 fully saturated rings. The van der Waals surface area contributed by atoms with Gasteiger partial charge in [0.05, 0.1) is 0 Å². The highest BCUT2D eigenvalue weighted by molar-refractivity contribution is 8.22. The van der Waals surface area contributed by atoms with Crippen molar-refractivity contribution in [1.82, 2.24) is 10.2 Å². The molecule has 1 heterocycles. The minimum absolute atomic E-state index is 0.0114. The molecule has 7 heteroatoms. The van der Waals surface area contributed by atoms with Crippen LogP contribution in [0.4, 0.5) is 0 Å². The van der Waals surface area contributed by atoms with Gasteiger partial charge in [-0.3, -0.25) is 9.59 Å². The average Bonchev–Trinajstić information content (AvgIpc) is 2.83. The normalized spacial score (nSPS) is 20.6. The predicted molar refractivity (Wildman–Crippen MR) is 77.2 cm³/mol. The van der Waals surface area contributed by atoms with Crippen molar-refractivity contribution in [2.75, 3.05) is 19.3 Å². The van der Waals surface area contributed by atoms with Crippen molar-refractivity contribution in [2.24, 2.45) is 11.7 Å². The van der Waals surface area contributed by atoms with E-state index in [0.717, 1.165) is 6.42 Å². The quantitative estimate of drug-likeness (QED) is 0.730. The molecule has 18 heavy (non-hydrogen) atoms. The van der Waals surface area contributed by atoms with Crippen LogP contribution in [0.25, 0.3) is 0 Å². The van der Waals surface area contributed by atoms with Gasteiger partial charge in [-0.25, -0.2) is 0 Å². The topological polar surface area (TPSA) is 75.4 Å². The van der Waals surface area contributed by atoms with Crippen molar-refractivity contribution in [2.45, 2.75) is 25.8 Å². The van der Waals surface area contributed by atoms with Crippen LogP contribution in [0, 0.1) is 5.92 Å². The molecule has 0 spiro atoms. The fourth-order valence-electron chi connectivity index (χ4n) is 1.95. The molecular weight excluding hydrogens is 270 g/mol. The van der Waals surface area contributed by atoms with Gasteiger partial charge in [0.1, 0.15) is 10.4 Å². The summed E-state index contributed by atoms with van der Waals surface area (Å²) in [5.74, 6) is 0.0240. The third-order valence-electron chi connectivity index (χ3n) is 2.95. The third kappa shape index (κ3) is 3.84. The molecule has 1 unspecified atom stereocenters. The Kier molecular flexibility index (Phi) is 5.87. The van der Waals surface area contributed by atoms with Crippen LogP contribution in [0.15, 0.2) is 0 Å². The van der Waals surface area contributed by atoms with Crippen LogP contribution in [-0.4, -0.2) is 46.4 Å². The fourth-order valence-corrected chi connectivity index (χ4v) is 2.85. The largest absolute Gasteiger partial charge is 0.374 e. The summed E-state index contributed by atoms with van der Waals surface area (Å²) in [7, 11) is 1.76. The van der Waals surface area contributed by atoms with Crippen molar-refractivity contribution in [3.8, 4) is 0 Å². The first-order chi connectivity index (χ1) is 8.47. The summed E-state index contributed by atoms with van der Waals surface area (Å²) in [4.78, 5) is 25.1. The highest BCUT2D eigenvalue weighted by atomic mass is 32.2. The van der Waals surface area contributed by atoms with Crippen LogP contribution in [0.5, 0.6) is 0 Å². The second-order valence-corrected chi connectivity index (χ2v) is 6.04. The molecule has 5 nitrogen and oxygen atoms in total. The Hall–Kier alpha value is -0.820. The van der Waals surface area contributed by atoms with Gasteiger partial charge in [-0.15, -0.1) is 0 Å². The first-order valence-electron chi connectivity index (χ1n) is 5.91. The number of primary amides is 1. The van der Waals surface area contributed by atoms with E-state index in [1.54, 1.807) is 11.9 Å². The molecule has 3 N–H and O–H groups in total. The van der Waals surface area contributed by atoms with Crippen molar-refractivity contribution in [3.05, 3.63) is 0 Å². The van der Waals surface area contributed by atoms with Gasteiger partial charge in [-0.05, 0) is 12.8 Å². The summed E-state index contributed by atoms with van der Waals surface area (Å²) < 4.78 is 0.669. The molecule has 0 bridgehead atoms. The second kappa shape index (κ2) is 6.94. The van der Waals surface area contributed by atoms with Gasteiger partial charge >= 0.3 is 0 Å². The maximum Gasteiger partial charge on any atom is 0.240 e. The van der Waals surface area contributed by atoms with E-state index in [2.05, 4.69) is 5.32 Å². The molecule has 1 aliphatic heterocycles. The van der Waals surface area contributed by atoms with Crippen LogP contribution in [0.3, 0.4) is 0 Å². The van der Waals surface area contributed by atoms with E-state index in [0.29, 0.717) is 23.0 Å². The van der Waals surface area contributed by atoms with E-state index in [1.165, 1.54) is 11.8 Å². The fraction of sp³-hybridized carbons (Fsp3) is 0.727.